The van der Waals surface area contributed by atoms with E-state index >= 15 is 0 Å². The maximum absolute atomic E-state index is 14.0. The Kier molecular flexibility index (Phi) is 4.99. The van der Waals surface area contributed by atoms with Crippen LogP contribution in [0.5, 0.6) is 0 Å². The first-order valence-corrected chi connectivity index (χ1v) is 9.44. The summed E-state index contributed by atoms with van der Waals surface area (Å²) >= 11 is 0. The van der Waals surface area contributed by atoms with E-state index in [9.17, 15) is 18.8 Å². The number of carbonyl (C=O) groups excluding carboxylic acids is 3. The molecule has 8 heteroatoms. The lowest BCUT2D eigenvalue weighted by atomic mass is 9.95. The first kappa shape index (κ1) is 19.6. The summed E-state index contributed by atoms with van der Waals surface area (Å²) in [7, 11) is 0. The van der Waals surface area contributed by atoms with Crippen molar-refractivity contribution in [3.63, 3.8) is 0 Å². The number of hydrogen-bond donors (Lipinski definition) is 2. The molecule has 154 valence electrons. The lowest BCUT2D eigenvalue weighted by molar-refractivity contribution is -0.136. The van der Waals surface area contributed by atoms with Crippen molar-refractivity contribution < 1.29 is 23.5 Å². The Morgan fingerprint density at radius 1 is 1.17 bits per heavy atom. The molecule has 7 nitrogen and oxygen atoms in total. The van der Waals surface area contributed by atoms with E-state index in [-0.39, 0.29) is 18.8 Å². The summed E-state index contributed by atoms with van der Waals surface area (Å²) in [5.74, 6) is -1.69. The van der Waals surface area contributed by atoms with Crippen molar-refractivity contribution in [3.05, 3.63) is 76.2 Å². The highest BCUT2D eigenvalue weighted by Crippen LogP contribution is 2.35. The summed E-state index contributed by atoms with van der Waals surface area (Å²) < 4.78 is 19.2. The molecule has 2 heterocycles. The van der Waals surface area contributed by atoms with Crippen molar-refractivity contribution in [2.75, 3.05) is 18.5 Å². The number of amides is 3. The van der Waals surface area contributed by atoms with Crippen LogP contribution in [0.25, 0.3) is 0 Å². The van der Waals surface area contributed by atoms with E-state index < -0.39 is 29.8 Å². The van der Waals surface area contributed by atoms with Gasteiger partial charge in [-0.1, -0.05) is 35.9 Å². The third-order valence-electron chi connectivity index (χ3n) is 5.11. The number of nitrogens with one attached hydrogen (secondary N) is 2. The van der Waals surface area contributed by atoms with Gasteiger partial charge in [-0.05, 0) is 37.1 Å². The van der Waals surface area contributed by atoms with Gasteiger partial charge in [0.2, 0.25) is 5.91 Å². The first-order valence-electron chi connectivity index (χ1n) is 9.44. The van der Waals surface area contributed by atoms with Gasteiger partial charge in [0.05, 0.1) is 23.0 Å². The molecule has 1 atom stereocenters. The molecule has 0 saturated heterocycles. The maximum Gasteiger partial charge on any atom is 0.338 e. The second-order valence-electron chi connectivity index (χ2n) is 7.35. The SMILES string of the molecule is Cc1ccc([C@H]2NC(=O)N(CC(=O)Nc3ccc(C)cc3F)C3=C2C(=O)OC3)cc1. The van der Waals surface area contributed by atoms with Crippen LogP contribution in [-0.4, -0.2) is 36.0 Å². The summed E-state index contributed by atoms with van der Waals surface area (Å²) in [6, 6.07) is 10.7. The molecule has 2 aliphatic rings. The molecule has 0 spiro atoms. The van der Waals surface area contributed by atoms with Gasteiger partial charge in [-0.15, -0.1) is 0 Å². The number of halogens is 1. The van der Waals surface area contributed by atoms with E-state index in [1.54, 1.807) is 13.0 Å². The molecule has 0 saturated carbocycles. The predicted molar refractivity (Wildman–Crippen MR) is 107 cm³/mol. The van der Waals surface area contributed by atoms with Crippen molar-refractivity contribution in [1.82, 2.24) is 10.2 Å². The quantitative estimate of drug-likeness (QED) is 0.760. The highest BCUT2D eigenvalue weighted by molar-refractivity contribution is 6.00. The van der Waals surface area contributed by atoms with Gasteiger partial charge in [0.15, 0.2) is 0 Å². The normalized spacial score (nSPS) is 18.1. The van der Waals surface area contributed by atoms with Gasteiger partial charge < -0.3 is 15.4 Å². The Morgan fingerprint density at radius 3 is 2.57 bits per heavy atom. The number of rotatable bonds is 4. The molecule has 2 aromatic rings. The van der Waals surface area contributed by atoms with Gasteiger partial charge in [0.25, 0.3) is 0 Å². The zero-order valence-corrected chi connectivity index (χ0v) is 16.5. The molecule has 2 aromatic carbocycles. The second kappa shape index (κ2) is 7.62. The molecule has 0 unspecified atom stereocenters. The van der Waals surface area contributed by atoms with Crippen molar-refractivity contribution in [3.8, 4) is 0 Å². The van der Waals surface area contributed by atoms with E-state index in [0.717, 1.165) is 21.6 Å². The van der Waals surface area contributed by atoms with Crippen LogP contribution >= 0.6 is 0 Å². The second-order valence-corrected chi connectivity index (χ2v) is 7.35. The number of anilines is 1. The molecule has 0 aromatic heterocycles. The molecule has 30 heavy (non-hydrogen) atoms. The van der Waals surface area contributed by atoms with Gasteiger partial charge in [-0.2, -0.15) is 0 Å². The fraction of sp³-hybridized carbons (Fsp3) is 0.227. The smallest absolute Gasteiger partial charge is 0.338 e. The molecule has 4 rings (SSSR count). The van der Waals surface area contributed by atoms with Crippen molar-refractivity contribution in [2.24, 2.45) is 0 Å². The molecule has 2 N–H and O–H groups in total. The van der Waals surface area contributed by atoms with Crippen LogP contribution in [0.1, 0.15) is 22.7 Å². The van der Waals surface area contributed by atoms with E-state index in [1.165, 1.54) is 12.1 Å². The highest BCUT2D eigenvalue weighted by atomic mass is 19.1. The van der Waals surface area contributed by atoms with Gasteiger partial charge in [0.1, 0.15) is 19.0 Å². The average Bonchev–Trinajstić information content (AvgIpc) is 3.08. The summed E-state index contributed by atoms with van der Waals surface area (Å²) in [5, 5.41) is 5.23. The Balaban J connectivity index is 1.59. The third kappa shape index (κ3) is 3.63. The van der Waals surface area contributed by atoms with Gasteiger partial charge >= 0.3 is 12.0 Å². The van der Waals surface area contributed by atoms with Crippen molar-refractivity contribution in [2.45, 2.75) is 19.9 Å². The summed E-state index contributed by atoms with van der Waals surface area (Å²) in [4.78, 5) is 38.7. The average molecular weight is 409 g/mol. The standard InChI is InChI=1S/C22H20FN3O4/c1-12-3-6-14(7-4-12)20-19-17(11-30-21(19)28)26(22(29)25-20)10-18(27)24-16-8-5-13(2)9-15(16)23/h3-9,20H,10-11H2,1-2H3,(H,24,27)(H,25,29)/t20-/m1/s1. The number of aryl methyl sites for hydroxylation is 2. The third-order valence-corrected chi connectivity index (χ3v) is 5.11. The Morgan fingerprint density at radius 2 is 1.87 bits per heavy atom. The Labute approximate surface area is 172 Å². The number of urea groups is 1. The number of cyclic esters (lactones) is 1. The fourth-order valence-electron chi connectivity index (χ4n) is 3.54. The highest BCUT2D eigenvalue weighted by Gasteiger charge is 2.42. The number of nitrogens with zero attached hydrogens (tertiary/aromatic N) is 1. The number of hydrogen-bond acceptors (Lipinski definition) is 4. The monoisotopic (exact) mass is 409 g/mol. The number of ether oxygens (including phenoxy) is 1. The van der Waals surface area contributed by atoms with E-state index in [0.29, 0.717) is 11.3 Å². The van der Waals surface area contributed by atoms with Crippen LogP contribution in [0.3, 0.4) is 0 Å². The summed E-state index contributed by atoms with van der Waals surface area (Å²) in [6.07, 6.45) is 0. The minimum absolute atomic E-state index is 0.0218. The molecule has 0 aliphatic carbocycles. The van der Waals surface area contributed by atoms with E-state index in [1.807, 2.05) is 31.2 Å². The number of carbonyl (C=O) groups is 3. The molecule has 0 fully saturated rings. The van der Waals surface area contributed by atoms with Gasteiger partial charge in [0, 0.05) is 0 Å². The predicted octanol–water partition coefficient (Wildman–Crippen LogP) is 2.96. The van der Waals surface area contributed by atoms with E-state index in [4.69, 9.17) is 4.74 Å². The maximum atomic E-state index is 14.0. The lowest BCUT2D eigenvalue weighted by Crippen LogP contribution is -2.49. The zero-order chi connectivity index (χ0) is 21.4. The first-order chi connectivity index (χ1) is 14.3. The topological polar surface area (TPSA) is 87.7 Å². The van der Waals surface area contributed by atoms with Crippen LogP contribution in [0.2, 0.25) is 0 Å². The number of benzene rings is 2. The Bertz CT molecular complexity index is 1080. The minimum Gasteiger partial charge on any atom is -0.456 e. The van der Waals surface area contributed by atoms with Crippen LogP contribution in [0, 0.1) is 19.7 Å². The Hall–Kier alpha value is -3.68. The van der Waals surface area contributed by atoms with Crippen LogP contribution in [-0.2, 0) is 14.3 Å². The van der Waals surface area contributed by atoms with Crippen molar-refractivity contribution >= 4 is 23.6 Å². The molecular weight excluding hydrogens is 389 g/mol. The summed E-state index contributed by atoms with van der Waals surface area (Å²) in [5.41, 5.74) is 3.17. The van der Waals surface area contributed by atoms with Crippen LogP contribution in [0.15, 0.2) is 53.7 Å². The molecule has 2 aliphatic heterocycles. The van der Waals surface area contributed by atoms with Crippen LogP contribution in [0.4, 0.5) is 14.9 Å². The van der Waals surface area contributed by atoms with Crippen molar-refractivity contribution in [1.29, 1.82) is 0 Å². The molecule has 0 radical (unpaired) electrons. The lowest BCUT2D eigenvalue weighted by Gasteiger charge is -2.32. The minimum atomic E-state index is -0.656. The van der Waals surface area contributed by atoms with Gasteiger partial charge in [-0.3, -0.25) is 9.69 Å². The fourth-order valence-corrected chi connectivity index (χ4v) is 3.54. The number of esters is 1. The molecule has 0 bridgehead atoms. The molecular formula is C22H20FN3O4. The summed E-state index contributed by atoms with van der Waals surface area (Å²) in [6.45, 7) is 3.20. The zero-order valence-electron chi connectivity index (χ0n) is 16.5. The largest absolute Gasteiger partial charge is 0.456 e. The van der Waals surface area contributed by atoms with Crippen LogP contribution < -0.4 is 10.6 Å². The van der Waals surface area contributed by atoms with E-state index in [2.05, 4.69) is 10.6 Å². The molecule has 3 amide bonds. The van der Waals surface area contributed by atoms with Gasteiger partial charge in [-0.25, -0.2) is 14.0 Å².